The molecule has 5 rings (SSSR count). The van der Waals surface area contributed by atoms with Gasteiger partial charge in [0.15, 0.2) is 11.2 Å². The second-order valence-corrected chi connectivity index (χ2v) is 9.86. The molecule has 2 atom stereocenters. The third-order valence-electron chi connectivity index (χ3n) is 6.87. The van der Waals surface area contributed by atoms with Gasteiger partial charge in [-0.15, -0.1) is 0 Å². The normalized spacial score (nSPS) is 21.6. The van der Waals surface area contributed by atoms with Crippen molar-refractivity contribution in [2.24, 2.45) is 11.8 Å². The van der Waals surface area contributed by atoms with Gasteiger partial charge in [-0.05, 0) is 68.3 Å². The fraction of sp³-hybridized carbons (Fsp3) is 0.522. The number of aromatic amines is 1. The van der Waals surface area contributed by atoms with Crippen molar-refractivity contribution in [1.29, 1.82) is 0 Å². The molecule has 0 bridgehead atoms. The SMILES string of the molecule is O=c1[nH]c(NCc2ccc(Cl)c(Cl)c2)nc2ncn(CC3CCC3CN3CCCCC3)c12. The molecule has 170 valence electrons. The van der Waals surface area contributed by atoms with Crippen molar-refractivity contribution in [3.8, 4) is 0 Å². The highest BCUT2D eigenvalue weighted by molar-refractivity contribution is 6.42. The Balaban J connectivity index is 1.25. The molecule has 1 aliphatic carbocycles. The third kappa shape index (κ3) is 4.65. The second-order valence-electron chi connectivity index (χ2n) is 9.04. The molecule has 2 unspecified atom stereocenters. The summed E-state index contributed by atoms with van der Waals surface area (Å²) in [5.41, 5.74) is 1.79. The number of rotatable bonds is 7. The summed E-state index contributed by atoms with van der Waals surface area (Å²) in [6.07, 6.45) is 8.27. The first-order chi connectivity index (χ1) is 15.6. The van der Waals surface area contributed by atoms with E-state index in [1.54, 1.807) is 18.5 Å². The number of nitrogens with one attached hydrogen (secondary N) is 2. The maximum Gasteiger partial charge on any atom is 0.278 e. The van der Waals surface area contributed by atoms with Crippen LogP contribution in [0.25, 0.3) is 11.2 Å². The molecule has 2 aliphatic rings. The first kappa shape index (κ1) is 21.7. The zero-order chi connectivity index (χ0) is 22.1. The Labute approximate surface area is 197 Å². The number of aromatic nitrogens is 4. The molecule has 0 amide bonds. The van der Waals surface area contributed by atoms with Gasteiger partial charge < -0.3 is 14.8 Å². The van der Waals surface area contributed by atoms with Crippen LogP contribution in [0, 0.1) is 11.8 Å². The Morgan fingerprint density at radius 3 is 2.59 bits per heavy atom. The molecule has 1 aliphatic heterocycles. The highest BCUT2D eigenvalue weighted by Crippen LogP contribution is 2.37. The van der Waals surface area contributed by atoms with Crippen LogP contribution in [-0.2, 0) is 13.1 Å². The molecule has 9 heteroatoms. The van der Waals surface area contributed by atoms with Crippen LogP contribution in [0.2, 0.25) is 10.0 Å². The Bertz CT molecular complexity index is 1150. The highest BCUT2D eigenvalue weighted by atomic mass is 35.5. The number of hydrogen-bond acceptors (Lipinski definition) is 5. The number of halogens is 2. The number of piperidine rings is 1. The molecule has 7 nitrogen and oxygen atoms in total. The monoisotopic (exact) mass is 474 g/mol. The van der Waals surface area contributed by atoms with Gasteiger partial charge in [0, 0.05) is 19.6 Å². The number of likely N-dealkylation sites (tertiary alicyclic amines) is 1. The van der Waals surface area contributed by atoms with Gasteiger partial charge in [-0.1, -0.05) is 35.7 Å². The van der Waals surface area contributed by atoms with Crippen LogP contribution < -0.4 is 10.9 Å². The number of nitrogens with zero attached hydrogens (tertiary/aromatic N) is 4. The quantitative estimate of drug-likeness (QED) is 0.524. The van der Waals surface area contributed by atoms with Gasteiger partial charge >= 0.3 is 0 Å². The summed E-state index contributed by atoms with van der Waals surface area (Å²) in [4.78, 5) is 27.2. The highest BCUT2D eigenvalue weighted by Gasteiger charge is 2.33. The lowest BCUT2D eigenvalue weighted by atomic mass is 9.73. The van der Waals surface area contributed by atoms with Crippen molar-refractivity contribution < 1.29 is 0 Å². The lowest BCUT2D eigenvalue weighted by molar-refractivity contribution is 0.0868. The molecule has 1 saturated heterocycles. The summed E-state index contributed by atoms with van der Waals surface area (Å²) in [6, 6.07) is 5.42. The van der Waals surface area contributed by atoms with Crippen molar-refractivity contribution in [1.82, 2.24) is 24.4 Å². The number of anilines is 1. The number of imidazole rings is 1. The lowest BCUT2D eigenvalue weighted by Gasteiger charge is -2.41. The number of fused-ring (bicyclic) bond motifs is 1. The molecule has 2 fully saturated rings. The van der Waals surface area contributed by atoms with Crippen molar-refractivity contribution >= 4 is 40.3 Å². The standard InChI is InChI=1S/C23H28Cl2N6O/c24-18-7-4-15(10-19(18)25)11-26-23-28-21-20(22(32)29-23)31(14-27-21)13-17-6-5-16(17)12-30-8-2-1-3-9-30/h4,7,10,14,16-17H,1-3,5-6,8-9,11-13H2,(H2,26,28,29,32). The maximum atomic E-state index is 12.8. The molecule has 3 heterocycles. The fourth-order valence-corrected chi connectivity index (χ4v) is 5.21. The average molecular weight is 475 g/mol. The third-order valence-corrected chi connectivity index (χ3v) is 7.61. The van der Waals surface area contributed by atoms with Gasteiger partial charge in [-0.25, -0.2) is 4.98 Å². The molecule has 0 spiro atoms. The predicted molar refractivity (Wildman–Crippen MR) is 128 cm³/mol. The van der Waals surface area contributed by atoms with E-state index in [1.165, 1.54) is 51.7 Å². The summed E-state index contributed by atoms with van der Waals surface area (Å²) >= 11 is 12.0. The van der Waals surface area contributed by atoms with Crippen LogP contribution in [-0.4, -0.2) is 44.1 Å². The van der Waals surface area contributed by atoms with Gasteiger partial charge in [0.1, 0.15) is 0 Å². The smallest absolute Gasteiger partial charge is 0.278 e. The van der Waals surface area contributed by atoms with Crippen molar-refractivity contribution in [2.45, 2.75) is 45.2 Å². The Morgan fingerprint density at radius 1 is 1.06 bits per heavy atom. The Kier molecular flexibility index (Phi) is 6.40. The first-order valence-corrected chi connectivity index (χ1v) is 12.2. The predicted octanol–water partition coefficient (Wildman–Crippen LogP) is 4.55. The van der Waals surface area contributed by atoms with E-state index in [0.717, 1.165) is 12.1 Å². The minimum atomic E-state index is -0.170. The fourth-order valence-electron chi connectivity index (χ4n) is 4.89. The van der Waals surface area contributed by atoms with Crippen LogP contribution in [0.15, 0.2) is 29.3 Å². The molecule has 2 aromatic heterocycles. The second kappa shape index (κ2) is 9.41. The van der Waals surface area contributed by atoms with Crippen LogP contribution in [0.3, 0.4) is 0 Å². The summed E-state index contributed by atoms with van der Waals surface area (Å²) in [7, 11) is 0. The summed E-state index contributed by atoms with van der Waals surface area (Å²) < 4.78 is 1.98. The van der Waals surface area contributed by atoms with Gasteiger partial charge in [-0.2, -0.15) is 4.98 Å². The molecule has 0 radical (unpaired) electrons. The van der Waals surface area contributed by atoms with Crippen LogP contribution in [0.5, 0.6) is 0 Å². The molecular weight excluding hydrogens is 447 g/mol. The van der Waals surface area contributed by atoms with Gasteiger partial charge in [0.25, 0.3) is 5.56 Å². The van der Waals surface area contributed by atoms with E-state index in [4.69, 9.17) is 23.2 Å². The first-order valence-electron chi connectivity index (χ1n) is 11.4. The van der Waals surface area contributed by atoms with Crippen molar-refractivity contribution in [3.05, 3.63) is 50.5 Å². The number of hydrogen-bond donors (Lipinski definition) is 2. The molecule has 1 aromatic carbocycles. The number of benzene rings is 1. The van der Waals surface area contributed by atoms with Gasteiger partial charge in [-0.3, -0.25) is 9.78 Å². The minimum absolute atomic E-state index is 0.170. The molecule has 2 N–H and O–H groups in total. The molecule has 32 heavy (non-hydrogen) atoms. The summed E-state index contributed by atoms with van der Waals surface area (Å²) in [5.74, 6) is 1.70. The van der Waals surface area contributed by atoms with Crippen LogP contribution in [0.1, 0.15) is 37.7 Å². The van der Waals surface area contributed by atoms with Crippen LogP contribution >= 0.6 is 23.2 Å². The Hall–Kier alpha value is -2.09. The zero-order valence-corrected chi connectivity index (χ0v) is 19.5. The summed E-state index contributed by atoms with van der Waals surface area (Å²) in [6.45, 7) is 4.95. The van der Waals surface area contributed by atoms with E-state index in [-0.39, 0.29) is 5.56 Å². The van der Waals surface area contributed by atoms with E-state index in [1.807, 2.05) is 10.6 Å². The van der Waals surface area contributed by atoms with E-state index in [0.29, 0.717) is 45.5 Å². The van der Waals surface area contributed by atoms with E-state index >= 15 is 0 Å². The van der Waals surface area contributed by atoms with Crippen molar-refractivity contribution in [2.75, 3.05) is 25.0 Å². The van der Waals surface area contributed by atoms with Crippen molar-refractivity contribution in [3.63, 3.8) is 0 Å². The average Bonchev–Trinajstić information content (AvgIpc) is 3.20. The van der Waals surface area contributed by atoms with E-state index < -0.39 is 0 Å². The summed E-state index contributed by atoms with van der Waals surface area (Å²) in [5, 5.41) is 4.15. The van der Waals surface area contributed by atoms with E-state index in [9.17, 15) is 4.79 Å². The number of H-pyrrole nitrogens is 1. The van der Waals surface area contributed by atoms with Gasteiger partial charge in [0.2, 0.25) is 5.95 Å². The van der Waals surface area contributed by atoms with Crippen LogP contribution in [0.4, 0.5) is 5.95 Å². The molecule has 1 saturated carbocycles. The lowest BCUT2D eigenvalue weighted by Crippen LogP contribution is -2.41. The van der Waals surface area contributed by atoms with Gasteiger partial charge in [0.05, 0.1) is 16.4 Å². The topological polar surface area (TPSA) is 78.8 Å². The minimum Gasteiger partial charge on any atom is -0.352 e. The Morgan fingerprint density at radius 2 is 1.84 bits per heavy atom. The maximum absolute atomic E-state index is 12.8. The molecule has 3 aromatic rings. The van der Waals surface area contributed by atoms with E-state index in [2.05, 4.69) is 25.2 Å². The zero-order valence-electron chi connectivity index (χ0n) is 18.0. The molecular formula is C23H28Cl2N6O. The largest absolute Gasteiger partial charge is 0.352 e.